The van der Waals surface area contributed by atoms with Crippen molar-refractivity contribution in [3.05, 3.63) is 35.1 Å². The van der Waals surface area contributed by atoms with Crippen molar-refractivity contribution < 1.29 is 9.50 Å². The van der Waals surface area contributed by atoms with Gasteiger partial charge in [0.1, 0.15) is 12.4 Å². The summed E-state index contributed by atoms with van der Waals surface area (Å²) in [4.78, 5) is 2.56. The van der Waals surface area contributed by atoms with Crippen LogP contribution in [0.3, 0.4) is 0 Å². The van der Waals surface area contributed by atoms with Gasteiger partial charge in [-0.3, -0.25) is 4.90 Å². The highest BCUT2D eigenvalue weighted by molar-refractivity contribution is 5.38. The molecule has 2 nitrogen and oxygen atoms in total. The van der Waals surface area contributed by atoms with Gasteiger partial charge < -0.3 is 5.11 Å². The van der Waals surface area contributed by atoms with E-state index in [1.54, 1.807) is 0 Å². The summed E-state index contributed by atoms with van der Waals surface area (Å²) >= 11 is 0. The zero-order chi connectivity index (χ0) is 14.7. The molecular formula is C18H22FNO. The Morgan fingerprint density at radius 3 is 2.95 bits per heavy atom. The second-order valence-electron chi connectivity index (χ2n) is 6.15. The van der Waals surface area contributed by atoms with Gasteiger partial charge in [-0.05, 0) is 49.4 Å². The smallest absolute Gasteiger partial charge is 0.138 e. The quantitative estimate of drug-likeness (QED) is 0.845. The maximum Gasteiger partial charge on any atom is 0.138 e. The maximum atomic E-state index is 13.7. The van der Waals surface area contributed by atoms with Crippen LogP contribution in [0.4, 0.5) is 4.39 Å². The van der Waals surface area contributed by atoms with Gasteiger partial charge in [-0.25, -0.2) is 4.39 Å². The Balaban J connectivity index is 1.73. The molecule has 1 saturated heterocycles. The van der Waals surface area contributed by atoms with Crippen molar-refractivity contribution in [3.8, 4) is 11.8 Å². The molecule has 2 atom stereocenters. The molecule has 2 aliphatic rings. The zero-order valence-corrected chi connectivity index (χ0v) is 12.3. The summed E-state index contributed by atoms with van der Waals surface area (Å²) in [5.74, 6) is 5.77. The van der Waals surface area contributed by atoms with Crippen molar-refractivity contribution in [1.82, 2.24) is 4.90 Å². The van der Waals surface area contributed by atoms with Crippen molar-refractivity contribution in [3.63, 3.8) is 0 Å². The molecule has 0 bridgehead atoms. The third-order valence-electron chi connectivity index (χ3n) is 4.84. The lowest BCUT2D eigenvalue weighted by Gasteiger charge is -2.31. The highest BCUT2D eigenvalue weighted by Gasteiger charge is 2.35. The Kier molecular flexibility index (Phi) is 4.57. The monoisotopic (exact) mass is 287 g/mol. The van der Waals surface area contributed by atoms with E-state index in [9.17, 15) is 4.39 Å². The topological polar surface area (TPSA) is 23.5 Å². The molecule has 0 spiro atoms. The fourth-order valence-electron chi connectivity index (χ4n) is 3.84. The van der Waals surface area contributed by atoms with Crippen LogP contribution in [0.25, 0.3) is 0 Å². The first-order valence-electron chi connectivity index (χ1n) is 7.90. The van der Waals surface area contributed by atoms with Crippen molar-refractivity contribution in [2.24, 2.45) is 5.92 Å². The number of hydrogen-bond donors (Lipinski definition) is 1. The Bertz CT molecular complexity index is 560. The summed E-state index contributed by atoms with van der Waals surface area (Å²) < 4.78 is 13.7. The summed E-state index contributed by atoms with van der Waals surface area (Å²) in [6, 6.07) is 5.89. The standard InChI is InChI=1S/C18H22FNO/c19-17-8-7-14(12-16(17)5-3-11-21)13-20-10-9-15-4-1-2-6-18(15)20/h7-8,12,15,18,21H,1-2,4,6,9-11,13H2. The average molecular weight is 287 g/mol. The van der Waals surface area contributed by atoms with Crippen molar-refractivity contribution in [2.45, 2.75) is 44.7 Å². The molecule has 0 radical (unpaired) electrons. The van der Waals surface area contributed by atoms with E-state index in [4.69, 9.17) is 5.11 Å². The summed E-state index contributed by atoms with van der Waals surface area (Å²) in [5, 5.41) is 8.74. The maximum absolute atomic E-state index is 13.7. The van der Waals surface area contributed by atoms with Gasteiger partial charge in [0.15, 0.2) is 0 Å². The molecule has 3 heteroatoms. The van der Waals surface area contributed by atoms with Crippen LogP contribution >= 0.6 is 0 Å². The minimum absolute atomic E-state index is 0.237. The highest BCUT2D eigenvalue weighted by Crippen LogP contribution is 2.36. The van der Waals surface area contributed by atoms with E-state index in [1.165, 1.54) is 38.2 Å². The molecule has 1 heterocycles. The largest absolute Gasteiger partial charge is 0.384 e. The number of likely N-dealkylation sites (tertiary alicyclic amines) is 1. The lowest BCUT2D eigenvalue weighted by Crippen LogP contribution is -2.34. The van der Waals surface area contributed by atoms with Gasteiger partial charge in [0, 0.05) is 12.6 Å². The molecule has 1 aliphatic heterocycles. The first-order chi connectivity index (χ1) is 10.3. The summed E-state index contributed by atoms with van der Waals surface area (Å²) in [6.07, 6.45) is 6.71. The number of aliphatic hydroxyl groups is 1. The number of aliphatic hydroxyl groups excluding tert-OH is 1. The van der Waals surface area contributed by atoms with E-state index in [1.807, 2.05) is 12.1 Å². The third kappa shape index (κ3) is 3.28. The SMILES string of the molecule is OCC#Cc1cc(CN2CCC3CCCCC32)ccc1F. The lowest BCUT2D eigenvalue weighted by molar-refractivity contribution is 0.176. The molecule has 21 heavy (non-hydrogen) atoms. The Labute approximate surface area is 126 Å². The summed E-state index contributed by atoms with van der Waals surface area (Å²) in [7, 11) is 0. The van der Waals surface area contributed by atoms with Crippen LogP contribution in [-0.4, -0.2) is 29.2 Å². The van der Waals surface area contributed by atoms with Crippen molar-refractivity contribution >= 4 is 0 Å². The van der Waals surface area contributed by atoms with E-state index in [-0.39, 0.29) is 12.4 Å². The molecule has 1 aliphatic carbocycles. The second-order valence-corrected chi connectivity index (χ2v) is 6.15. The molecule has 1 aromatic rings. The van der Waals surface area contributed by atoms with E-state index < -0.39 is 0 Å². The third-order valence-corrected chi connectivity index (χ3v) is 4.84. The molecule has 112 valence electrons. The number of nitrogens with zero attached hydrogens (tertiary/aromatic N) is 1. The van der Waals surface area contributed by atoms with Crippen LogP contribution < -0.4 is 0 Å². The summed E-state index contributed by atoms with van der Waals surface area (Å²) in [5.41, 5.74) is 1.51. The fraction of sp³-hybridized carbons (Fsp3) is 0.556. The second kappa shape index (κ2) is 6.60. The molecular weight excluding hydrogens is 265 g/mol. The minimum Gasteiger partial charge on any atom is -0.384 e. The molecule has 2 unspecified atom stereocenters. The van der Waals surface area contributed by atoms with Gasteiger partial charge in [-0.15, -0.1) is 0 Å². The van der Waals surface area contributed by atoms with Crippen LogP contribution in [0, 0.1) is 23.6 Å². The van der Waals surface area contributed by atoms with Crippen LogP contribution in [0.5, 0.6) is 0 Å². The Morgan fingerprint density at radius 1 is 1.24 bits per heavy atom. The minimum atomic E-state index is -0.309. The number of hydrogen-bond acceptors (Lipinski definition) is 2. The van der Waals surface area contributed by atoms with Crippen molar-refractivity contribution in [2.75, 3.05) is 13.2 Å². The predicted octanol–water partition coefficient (Wildman–Crippen LogP) is 2.93. The van der Waals surface area contributed by atoms with Gasteiger partial charge in [-0.2, -0.15) is 0 Å². The number of fused-ring (bicyclic) bond motifs is 1. The highest BCUT2D eigenvalue weighted by atomic mass is 19.1. The predicted molar refractivity (Wildman–Crippen MR) is 81.1 cm³/mol. The molecule has 0 aromatic heterocycles. The molecule has 1 saturated carbocycles. The number of benzene rings is 1. The van der Waals surface area contributed by atoms with Gasteiger partial charge >= 0.3 is 0 Å². The normalized spacial score (nSPS) is 25.2. The van der Waals surface area contributed by atoms with Gasteiger partial charge in [0.25, 0.3) is 0 Å². The van der Waals surface area contributed by atoms with E-state index >= 15 is 0 Å². The van der Waals surface area contributed by atoms with Gasteiger partial charge in [0.05, 0.1) is 5.56 Å². The number of halogens is 1. The molecule has 1 aromatic carbocycles. The lowest BCUT2D eigenvalue weighted by atomic mass is 9.85. The number of rotatable bonds is 2. The van der Waals surface area contributed by atoms with Crippen LogP contribution in [0.1, 0.15) is 43.2 Å². The first-order valence-corrected chi connectivity index (χ1v) is 7.90. The van der Waals surface area contributed by atoms with Crippen molar-refractivity contribution in [1.29, 1.82) is 0 Å². The zero-order valence-electron chi connectivity index (χ0n) is 12.3. The Morgan fingerprint density at radius 2 is 2.10 bits per heavy atom. The van der Waals surface area contributed by atoms with E-state index in [0.29, 0.717) is 5.56 Å². The molecule has 1 N–H and O–H groups in total. The van der Waals surface area contributed by atoms with Crippen LogP contribution in [0.15, 0.2) is 18.2 Å². The Hall–Kier alpha value is -1.37. The van der Waals surface area contributed by atoms with Crippen LogP contribution in [-0.2, 0) is 6.54 Å². The fourth-order valence-corrected chi connectivity index (χ4v) is 3.84. The van der Waals surface area contributed by atoms with Gasteiger partial charge in [-0.1, -0.05) is 30.7 Å². The molecule has 3 rings (SSSR count). The van der Waals surface area contributed by atoms with E-state index in [2.05, 4.69) is 16.7 Å². The van der Waals surface area contributed by atoms with Crippen LogP contribution in [0.2, 0.25) is 0 Å². The first kappa shape index (κ1) is 14.6. The average Bonchev–Trinajstić information content (AvgIpc) is 2.91. The molecule has 0 amide bonds. The van der Waals surface area contributed by atoms with E-state index in [0.717, 1.165) is 30.6 Å². The molecule has 2 fully saturated rings. The summed E-state index contributed by atoms with van der Waals surface area (Å²) in [6.45, 7) is 1.80. The van der Waals surface area contributed by atoms with Gasteiger partial charge in [0.2, 0.25) is 0 Å².